The minimum Gasteiger partial charge on any atom is -0.418 e. The van der Waals surface area contributed by atoms with Crippen molar-refractivity contribution in [3.63, 3.8) is 0 Å². The summed E-state index contributed by atoms with van der Waals surface area (Å²) in [5.74, 6) is 0. The second-order valence-electron chi connectivity index (χ2n) is 4.42. The van der Waals surface area contributed by atoms with E-state index in [1.165, 1.54) is 36.3 Å². The first-order valence-electron chi connectivity index (χ1n) is 6.98. The van der Waals surface area contributed by atoms with Gasteiger partial charge in [-0.2, -0.15) is 0 Å². The van der Waals surface area contributed by atoms with Crippen LogP contribution in [-0.2, 0) is 0 Å². The Labute approximate surface area is 124 Å². The third-order valence-electron chi connectivity index (χ3n) is 2.57. The van der Waals surface area contributed by atoms with Crippen LogP contribution in [0, 0.1) is 0 Å². The number of halogens is 4. The molecule has 0 aliphatic heterocycles. The maximum absolute atomic E-state index is 9.75. The van der Waals surface area contributed by atoms with Crippen LogP contribution in [0.4, 0.5) is 17.3 Å². The first-order valence-corrected chi connectivity index (χ1v) is 10.3. The molecule has 0 fully saturated rings. The quantitative estimate of drug-likeness (QED) is 0.460. The van der Waals surface area contributed by atoms with Crippen molar-refractivity contribution >= 4 is 25.6 Å². The average Bonchev–Trinajstić information content (AvgIpc) is 2.38. The van der Waals surface area contributed by atoms with Crippen LogP contribution >= 0.6 is 0 Å². The third-order valence-corrected chi connectivity index (χ3v) is 7.81. The Morgan fingerprint density at radius 2 is 1.25 bits per heavy atom. The molecule has 0 heterocycles. The van der Waals surface area contributed by atoms with Gasteiger partial charge in [-0.3, -0.25) is 0 Å². The van der Waals surface area contributed by atoms with Crippen molar-refractivity contribution in [1.82, 2.24) is 0 Å². The molecule has 0 aliphatic carbocycles. The van der Waals surface area contributed by atoms with Gasteiger partial charge in [-0.15, -0.1) is 0 Å². The summed E-state index contributed by atoms with van der Waals surface area (Å²) in [5, 5.41) is 2.97. The molecule has 0 atom stereocenters. The Hall–Kier alpha value is -0.476. The topological polar surface area (TPSA) is 0 Å². The number of benzene rings is 1. The first-order chi connectivity index (χ1) is 9.38. The molecule has 1 aromatic carbocycles. The zero-order chi connectivity index (χ0) is 15.4. The van der Waals surface area contributed by atoms with Gasteiger partial charge in [-0.25, -0.2) is 0 Å². The van der Waals surface area contributed by atoms with Gasteiger partial charge in [0.15, 0.2) is 0 Å². The van der Waals surface area contributed by atoms with Crippen molar-refractivity contribution in [2.24, 2.45) is 0 Å². The zero-order valence-corrected chi connectivity index (χ0v) is 13.8. The Bertz CT molecular complexity index is 316. The van der Waals surface area contributed by atoms with Gasteiger partial charge in [-0.05, 0) is 0 Å². The summed E-state index contributed by atoms with van der Waals surface area (Å²) in [6, 6.07) is 11.2. The Morgan fingerprint density at radius 3 is 1.60 bits per heavy atom. The monoisotopic (exact) mass is 358 g/mol. The predicted molar refractivity (Wildman–Crippen MR) is 81.4 cm³/mol. The first kappa shape index (κ1) is 19.5. The average molecular weight is 357 g/mol. The summed E-state index contributed by atoms with van der Waals surface area (Å²) in [4.78, 5) is 0. The molecular formula is C14H23BF4Se. The minimum atomic E-state index is -6.00. The van der Waals surface area contributed by atoms with Gasteiger partial charge in [0.25, 0.3) is 0 Å². The molecule has 0 nitrogen and oxygen atoms in total. The largest absolute Gasteiger partial charge is 0.673 e. The summed E-state index contributed by atoms with van der Waals surface area (Å²) in [5.41, 5.74) is 0. The van der Waals surface area contributed by atoms with Crippen LogP contribution in [0.3, 0.4) is 0 Å². The Kier molecular flexibility index (Phi) is 10.9. The third kappa shape index (κ3) is 12.6. The maximum Gasteiger partial charge on any atom is 0.673 e. The van der Waals surface area contributed by atoms with E-state index in [0.29, 0.717) is 0 Å². The van der Waals surface area contributed by atoms with Gasteiger partial charge in [0.1, 0.15) is 0 Å². The fraction of sp³-hybridized carbons (Fsp3) is 0.571. The van der Waals surface area contributed by atoms with Crippen LogP contribution in [0.25, 0.3) is 0 Å². The van der Waals surface area contributed by atoms with E-state index < -0.39 is 21.2 Å². The number of rotatable bonds is 7. The van der Waals surface area contributed by atoms with Crippen LogP contribution in [-0.4, -0.2) is 21.2 Å². The SMILES string of the molecule is CCCC[Se+](CCCC)c1ccccc1.F[B-](F)(F)F. The van der Waals surface area contributed by atoms with Crippen molar-refractivity contribution in [1.29, 1.82) is 0 Å². The fourth-order valence-electron chi connectivity index (χ4n) is 1.59. The molecule has 0 saturated carbocycles. The van der Waals surface area contributed by atoms with Crippen LogP contribution in [0.1, 0.15) is 39.5 Å². The van der Waals surface area contributed by atoms with Crippen molar-refractivity contribution in [2.45, 2.75) is 50.2 Å². The van der Waals surface area contributed by atoms with E-state index in [2.05, 4.69) is 44.2 Å². The number of hydrogen-bond donors (Lipinski definition) is 0. The van der Waals surface area contributed by atoms with Gasteiger partial charge in [0.05, 0.1) is 0 Å². The predicted octanol–water partition coefficient (Wildman–Crippen LogP) is 5.29. The molecule has 0 unspecified atom stereocenters. The molecule has 0 spiro atoms. The number of hydrogen-bond acceptors (Lipinski definition) is 0. The second kappa shape index (κ2) is 11.2. The molecule has 0 radical (unpaired) electrons. The summed E-state index contributed by atoms with van der Waals surface area (Å²) >= 11 is -0.485. The van der Waals surface area contributed by atoms with E-state index in [0.717, 1.165) is 0 Å². The molecule has 0 aromatic heterocycles. The summed E-state index contributed by atoms with van der Waals surface area (Å²) in [6.07, 6.45) is 5.53. The van der Waals surface area contributed by atoms with Gasteiger partial charge >= 0.3 is 106 Å². The maximum atomic E-state index is 9.75. The van der Waals surface area contributed by atoms with E-state index in [9.17, 15) is 17.3 Å². The smallest absolute Gasteiger partial charge is 0.418 e. The summed E-state index contributed by atoms with van der Waals surface area (Å²) in [6.45, 7) is 4.60. The van der Waals surface area contributed by atoms with Gasteiger partial charge < -0.3 is 17.3 Å². The summed E-state index contributed by atoms with van der Waals surface area (Å²) in [7, 11) is -6.00. The summed E-state index contributed by atoms with van der Waals surface area (Å²) < 4.78 is 40.7. The molecule has 1 rings (SSSR count). The normalized spacial score (nSPS) is 11.2. The molecule has 0 aliphatic rings. The van der Waals surface area contributed by atoms with Crippen molar-refractivity contribution in [3.8, 4) is 0 Å². The van der Waals surface area contributed by atoms with Gasteiger partial charge in [-0.1, -0.05) is 0 Å². The van der Waals surface area contributed by atoms with Crippen LogP contribution in [0.2, 0.25) is 10.6 Å². The molecule has 1 aromatic rings. The second-order valence-corrected chi connectivity index (χ2v) is 9.19. The molecule has 0 bridgehead atoms. The molecule has 20 heavy (non-hydrogen) atoms. The van der Waals surface area contributed by atoms with Crippen molar-refractivity contribution < 1.29 is 17.3 Å². The molecule has 0 saturated heterocycles. The molecule has 6 heteroatoms. The van der Waals surface area contributed by atoms with E-state index in [1.54, 1.807) is 4.46 Å². The standard InChI is InChI=1S/C14H23Se.BF4/c1-3-5-12-15(13-6-4-2)14-10-8-7-9-11-14;2-1(3,4)5/h7-11H,3-6,12-13H2,1-2H3;/q+1;-1. The molecule has 0 amide bonds. The molecule has 116 valence electrons. The van der Waals surface area contributed by atoms with E-state index >= 15 is 0 Å². The fourth-order valence-corrected chi connectivity index (χ4v) is 6.82. The van der Waals surface area contributed by atoms with Crippen molar-refractivity contribution in [2.75, 3.05) is 0 Å². The van der Waals surface area contributed by atoms with Crippen LogP contribution in [0.5, 0.6) is 0 Å². The van der Waals surface area contributed by atoms with Gasteiger partial charge in [0.2, 0.25) is 0 Å². The minimum absolute atomic E-state index is 0.485. The number of unbranched alkanes of at least 4 members (excludes halogenated alkanes) is 2. The van der Waals surface area contributed by atoms with E-state index in [1.807, 2.05) is 0 Å². The van der Waals surface area contributed by atoms with E-state index in [-0.39, 0.29) is 0 Å². The Balaban J connectivity index is 0.000000621. The van der Waals surface area contributed by atoms with Crippen LogP contribution < -0.4 is 4.46 Å². The molecular weight excluding hydrogens is 334 g/mol. The van der Waals surface area contributed by atoms with E-state index in [4.69, 9.17) is 0 Å². The zero-order valence-electron chi connectivity index (χ0n) is 12.1. The van der Waals surface area contributed by atoms with Crippen molar-refractivity contribution in [3.05, 3.63) is 30.3 Å². The van der Waals surface area contributed by atoms with Gasteiger partial charge in [0, 0.05) is 0 Å². The van der Waals surface area contributed by atoms with Crippen LogP contribution in [0.15, 0.2) is 30.3 Å². The molecule has 0 N–H and O–H groups in total. The Morgan fingerprint density at radius 1 is 0.850 bits per heavy atom.